The Morgan fingerprint density at radius 1 is 1.25 bits per heavy atom. The topological polar surface area (TPSA) is 88.2 Å². The number of hydrogen-bond acceptors (Lipinski definition) is 3. The summed E-state index contributed by atoms with van der Waals surface area (Å²) < 4.78 is 5.38. The van der Waals surface area contributed by atoms with Gasteiger partial charge in [-0.05, 0) is 30.9 Å². The minimum Gasteiger partial charge on any atom is -0.425 e. The number of ether oxygens (including phenoxy) is 1. The highest BCUT2D eigenvalue weighted by atomic mass is 16.5. The number of carbonyl (C=O) groups excluding carboxylic acids is 1. The first kappa shape index (κ1) is 14.4. The molecule has 0 amide bonds. The summed E-state index contributed by atoms with van der Waals surface area (Å²) in [7, 11) is 0. The Morgan fingerprint density at radius 3 is 2.50 bits per heavy atom. The molecule has 5 heteroatoms. The number of esters is 1. The van der Waals surface area contributed by atoms with Crippen LogP contribution in [0.1, 0.15) is 32.1 Å². The van der Waals surface area contributed by atoms with Gasteiger partial charge in [0, 0.05) is 0 Å². The number of rotatable bonds is 4. The summed E-state index contributed by atoms with van der Waals surface area (Å²) >= 11 is 0. The fourth-order valence-corrected chi connectivity index (χ4v) is 2.67. The van der Waals surface area contributed by atoms with Crippen LogP contribution in [0.2, 0.25) is 0 Å². The molecule has 1 aromatic rings. The quantitative estimate of drug-likeness (QED) is 0.339. The molecule has 20 heavy (non-hydrogen) atoms. The van der Waals surface area contributed by atoms with Crippen LogP contribution < -0.4 is 15.8 Å². The van der Waals surface area contributed by atoms with Crippen molar-refractivity contribution in [2.24, 2.45) is 11.7 Å². The van der Waals surface area contributed by atoms with Crippen LogP contribution in [0.25, 0.3) is 0 Å². The predicted octanol–water partition coefficient (Wildman–Crippen LogP) is 2.02. The van der Waals surface area contributed by atoms with Crippen molar-refractivity contribution < 1.29 is 9.53 Å². The lowest BCUT2D eigenvalue weighted by Crippen LogP contribution is -2.50. The molecule has 4 N–H and O–H groups in total. The van der Waals surface area contributed by atoms with E-state index in [0.29, 0.717) is 5.75 Å². The molecule has 0 radical (unpaired) electrons. The standard InChI is InChI=1S/C15H21N3O2/c16-15(17)18-13(11-7-3-1-4-8-11)14(19)20-12-9-5-2-6-10-12/h2,5-6,9-11,13H,1,3-4,7-8H2,(H4,16,17,18). The maximum atomic E-state index is 12.3. The molecule has 1 fully saturated rings. The van der Waals surface area contributed by atoms with Gasteiger partial charge in [0.2, 0.25) is 0 Å². The van der Waals surface area contributed by atoms with E-state index in [0.717, 1.165) is 25.7 Å². The van der Waals surface area contributed by atoms with E-state index in [2.05, 4.69) is 5.32 Å². The maximum Gasteiger partial charge on any atom is 0.334 e. The Balaban J connectivity index is 2.05. The second kappa shape index (κ2) is 6.93. The summed E-state index contributed by atoms with van der Waals surface area (Å²) in [4.78, 5) is 12.3. The van der Waals surface area contributed by atoms with Crippen molar-refractivity contribution in [2.45, 2.75) is 38.1 Å². The van der Waals surface area contributed by atoms with Crippen LogP contribution in [-0.4, -0.2) is 18.0 Å². The van der Waals surface area contributed by atoms with Gasteiger partial charge in [-0.15, -0.1) is 0 Å². The zero-order chi connectivity index (χ0) is 14.4. The maximum absolute atomic E-state index is 12.3. The Labute approximate surface area is 119 Å². The van der Waals surface area contributed by atoms with Crippen LogP contribution in [0, 0.1) is 11.3 Å². The lowest BCUT2D eigenvalue weighted by molar-refractivity contribution is -0.138. The van der Waals surface area contributed by atoms with Gasteiger partial charge in [0.25, 0.3) is 0 Å². The van der Waals surface area contributed by atoms with Gasteiger partial charge in [0.05, 0.1) is 0 Å². The van der Waals surface area contributed by atoms with Crippen molar-refractivity contribution in [1.29, 1.82) is 5.41 Å². The minimum atomic E-state index is -0.534. The second-order valence-corrected chi connectivity index (χ2v) is 5.17. The summed E-state index contributed by atoms with van der Waals surface area (Å²) in [5.74, 6) is 0.149. The Bertz CT molecular complexity index is 455. The molecular weight excluding hydrogens is 254 g/mol. The highest BCUT2D eigenvalue weighted by molar-refractivity contribution is 5.85. The third kappa shape index (κ3) is 3.98. The summed E-state index contributed by atoms with van der Waals surface area (Å²) in [6, 6.07) is 8.44. The lowest BCUT2D eigenvalue weighted by atomic mass is 9.84. The first-order valence-electron chi connectivity index (χ1n) is 7.04. The molecule has 1 aliphatic carbocycles. The smallest absolute Gasteiger partial charge is 0.334 e. The van der Waals surface area contributed by atoms with Gasteiger partial charge < -0.3 is 15.8 Å². The van der Waals surface area contributed by atoms with Crippen LogP contribution in [0.3, 0.4) is 0 Å². The van der Waals surface area contributed by atoms with Gasteiger partial charge in [-0.3, -0.25) is 5.41 Å². The van der Waals surface area contributed by atoms with Crippen molar-refractivity contribution in [3.8, 4) is 5.75 Å². The molecule has 0 saturated heterocycles. The SMILES string of the molecule is N=C(N)NC(C(=O)Oc1ccccc1)C1CCCCC1. The zero-order valence-electron chi connectivity index (χ0n) is 11.5. The molecule has 2 rings (SSSR count). The van der Waals surface area contributed by atoms with Gasteiger partial charge >= 0.3 is 5.97 Å². The Kier molecular flexibility index (Phi) is 4.98. The largest absolute Gasteiger partial charge is 0.425 e. The van der Waals surface area contributed by atoms with E-state index in [-0.39, 0.29) is 17.8 Å². The lowest BCUT2D eigenvalue weighted by Gasteiger charge is -2.29. The van der Waals surface area contributed by atoms with E-state index >= 15 is 0 Å². The molecule has 1 saturated carbocycles. The van der Waals surface area contributed by atoms with Gasteiger partial charge in [-0.1, -0.05) is 37.5 Å². The normalized spacial score (nSPS) is 17.2. The van der Waals surface area contributed by atoms with Crippen LogP contribution in [-0.2, 0) is 4.79 Å². The van der Waals surface area contributed by atoms with E-state index in [1.165, 1.54) is 6.42 Å². The van der Waals surface area contributed by atoms with Crippen molar-refractivity contribution in [3.63, 3.8) is 0 Å². The number of carbonyl (C=O) groups is 1. The highest BCUT2D eigenvalue weighted by Crippen LogP contribution is 2.27. The third-order valence-corrected chi connectivity index (χ3v) is 3.65. The van der Waals surface area contributed by atoms with Gasteiger partial charge in [-0.25, -0.2) is 4.79 Å². The number of benzene rings is 1. The minimum absolute atomic E-state index is 0.184. The van der Waals surface area contributed by atoms with Gasteiger partial charge in [0.1, 0.15) is 11.8 Å². The van der Waals surface area contributed by atoms with Gasteiger partial charge in [0.15, 0.2) is 5.96 Å². The Morgan fingerprint density at radius 2 is 1.90 bits per heavy atom. The summed E-state index contributed by atoms with van der Waals surface area (Å²) in [6.45, 7) is 0. The molecule has 108 valence electrons. The number of para-hydroxylation sites is 1. The second-order valence-electron chi connectivity index (χ2n) is 5.17. The number of nitrogens with two attached hydrogens (primary N) is 1. The van der Waals surface area contributed by atoms with Crippen molar-refractivity contribution >= 4 is 11.9 Å². The van der Waals surface area contributed by atoms with Crippen LogP contribution in [0.5, 0.6) is 5.75 Å². The van der Waals surface area contributed by atoms with Crippen molar-refractivity contribution in [3.05, 3.63) is 30.3 Å². The summed E-state index contributed by atoms with van der Waals surface area (Å²) in [5, 5.41) is 10.1. The molecule has 0 bridgehead atoms. The van der Waals surface area contributed by atoms with Crippen LogP contribution in [0.4, 0.5) is 0 Å². The zero-order valence-corrected chi connectivity index (χ0v) is 11.5. The third-order valence-electron chi connectivity index (χ3n) is 3.65. The van der Waals surface area contributed by atoms with E-state index in [1.807, 2.05) is 18.2 Å². The number of guanidine groups is 1. The van der Waals surface area contributed by atoms with E-state index in [1.54, 1.807) is 12.1 Å². The molecule has 1 unspecified atom stereocenters. The molecule has 0 aliphatic heterocycles. The molecular formula is C15H21N3O2. The van der Waals surface area contributed by atoms with Crippen LogP contribution in [0.15, 0.2) is 30.3 Å². The predicted molar refractivity (Wildman–Crippen MR) is 77.5 cm³/mol. The first-order valence-corrected chi connectivity index (χ1v) is 7.04. The molecule has 0 aromatic heterocycles. The molecule has 0 heterocycles. The molecule has 5 nitrogen and oxygen atoms in total. The highest BCUT2D eigenvalue weighted by Gasteiger charge is 2.31. The molecule has 1 atom stereocenters. The average molecular weight is 275 g/mol. The fourth-order valence-electron chi connectivity index (χ4n) is 2.67. The average Bonchev–Trinajstić information content (AvgIpc) is 2.46. The van der Waals surface area contributed by atoms with E-state index in [9.17, 15) is 4.79 Å². The molecule has 0 spiro atoms. The molecule has 1 aliphatic rings. The van der Waals surface area contributed by atoms with Crippen molar-refractivity contribution in [2.75, 3.05) is 0 Å². The first-order chi connectivity index (χ1) is 9.66. The van der Waals surface area contributed by atoms with Gasteiger partial charge in [-0.2, -0.15) is 0 Å². The summed E-state index contributed by atoms with van der Waals surface area (Å²) in [5.41, 5.74) is 5.40. The van der Waals surface area contributed by atoms with Crippen molar-refractivity contribution in [1.82, 2.24) is 5.32 Å². The number of hydrogen-bond donors (Lipinski definition) is 3. The summed E-state index contributed by atoms with van der Waals surface area (Å²) in [6.07, 6.45) is 5.36. The fraction of sp³-hybridized carbons (Fsp3) is 0.467. The monoisotopic (exact) mass is 275 g/mol. The number of nitrogens with one attached hydrogen (secondary N) is 2. The Hall–Kier alpha value is -2.04. The van der Waals surface area contributed by atoms with Crippen LogP contribution >= 0.6 is 0 Å². The van der Waals surface area contributed by atoms with E-state index in [4.69, 9.17) is 15.9 Å². The van der Waals surface area contributed by atoms with E-state index < -0.39 is 6.04 Å². The molecule has 1 aromatic carbocycles.